The monoisotopic (exact) mass is 200 g/mol. The van der Waals surface area contributed by atoms with Crippen molar-refractivity contribution in [3.05, 3.63) is 12.0 Å². The van der Waals surface area contributed by atoms with Gasteiger partial charge in [-0.25, -0.2) is 10.3 Å². The fraction of sp³-hybridized carbons (Fsp3) is 0.625. The maximum atomic E-state index is 10.3. The minimum atomic E-state index is -1.33. The zero-order valence-electron chi connectivity index (χ0n) is 7.58. The number of hydrogen-bond donors (Lipinski definition) is 3. The molecule has 14 heavy (non-hydrogen) atoms. The van der Waals surface area contributed by atoms with E-state index in [1.54, 1.807) is 6.08 Å². The van der Waals surface area contributed by atoms with E-state index in [1.807, 2.05) is 0 Å². The number of carboxylic acid groups (broad SMARTS) is 1. The van der Waals surface area contributed by atoms with Gasteiger partial charge in [0, 0.05) is 6.08 Å². The van der Waals surface area contributed by atoms with E-state index in [4.69, 9.17) is 9.94 Å². The number of rotatable bonds is 1. The number of nitrogens with one attached hydrogen (secondary N) is 2. The average Bonchev–Trinajstić information content (AvgIpc) is 2.49. The molecule has 1 saturated heterocycles. The molecule has 0 bridgehead atoms. The highest BCUT2D eigenvalue weighted by molar-refractivity contribution is 5.58. The molecule has 6 nitrogen and oxygen atoms in total. The van der Waals surface area contributed by atoms with Gasteiger partial charge in [-0.15, -0.1) is 0 Å². The van der Waals surface area contributed by atoms with Crippen LogP contribution in [0.5, 0.6) is 0 Å². The third-order valence-electron chi connectivity index (χ3n) is 2.40. The van der Waals surface area contributed by atoms with Gasteiger partial charge in [-0.3, -0.25) is 4.84 Å². The standard InChI is InChI=1S/C8H12N2O4/c11-7(12)13-6-5-8(14-10-6)1-3-9-4-2-8/h5,9-10H,1-4H2,(H,11,12). The van der Waals surface area contributed by atoms with Crippen molar-refractivity contribution in [1.82, 2.24) is 10.8 Å². The summed E-state index contributed by atoms with van der Waals surface area (Å²) in [6, 6.07) is 0. The van der Waals surface area contributed by atoms with Crippen LogP contribution in [0.25, 0.3) is 0 Å². The molecule has 2 aliphatic rings. The van der Waals surface area contributed by atoms with Gasteiger partial charge in [0.1, 0.15) is 5.60 Å². The summed E-state index contributed by atoms with van der Waals surface area (Å²) in [6.07, 6.45) is 1.99. The number of hydroxylamine groups is 1. The van der Waals surface area contributed by atoms with Crippen LogP contribution in [-0.4, -0.2) is 30.0 Å². The smallest absolute Gasteiger partial charge is 0.449 e. The van der Waals surface area contributed by atoms with E-state index in [0.29, 0.717) is 0 Å². The molecule has 0 aromatic rings. The van der Waals surface area contributed by atoms with Gasteiger partial charge in [-0.05, 0) is 25.9 Å². The second kappa shape index (κ2) is 3.47. The molecule has 0 radical (unpaired) electrons. The summed E-state index contributed by atoms with van der Waals surface area (Å²) < 4.78 is 4.46. The van der Waals surface area contributed by atoms with E-state index >= 15 is 0 Å². The summed E-state index contributed by atoms with van der Waals surface area (Å²) >= 11 is 0. The highest BCUT2D eigenvalue weighted by atomic mass is 16.7. The minimum absolute atomic E-state index is 0.166. The SMILES string of the molecule is O=C(O)OC1=CC2(CCNCC2)ON1. The first-order valence-corrected chi connectivity index (χ1v) is 4.49. The van der Waals surface area contributed by atoms with Crippen LogP contribution in [0.3, 0.4) is 0 Å². The van der Waals surface area contributed by atoms with Crippen LogP contribution in [0.1, 0.15) is 12.8 Å². The second-order valence-electron chi connectivity index (χ2n) is 3.40. The lowest BCUT2D eigenvalue weighted by Crippen LogP contribution is -2.41. The lowest BCUT2D eigenvalue weighted by atomic mass is 9.93. The molecule has 2 aliphatic heterocycles. The minimum Gasteiger partial charge on any atom is -0.449 e. The molecule has 0 saturated carbocycles. The number of hydrogen-bond acceptors (Lipinski definition) is 5. The molecular formula is C8H12N2O4. The lowest BCUT2D eigenvalue weighted by Gasteiger charge is -2.29. The van der Waals surface area contributed by atoms with Crippen LogP contribution in [0.15, 0.2) is 12.0 Å². The summed E-state index contributed by atoms with van der Waals surface area (Å²) in [4.78, 5) is 15.6. The van der Waals surface area contributed by atoms with E-state index in [1.165, 1.54) is 0 Å². The van der Waals surface area contributed by atoms with E-state index in [9.17, 15) is 4.79 Å². The van der Waals surface area contributed by atoms with Crippen molar-refractivity contribution in [2.24, 2.45) is 0 Å². The summed E-state index contributed by atoms with van der Waals surface area (Å²) in [6.45, 7) is 1.72. The number of ether oxygens (including phenoxy) is 1. The van der Waals surface area contributed by atoms with Gasteiger partial charge in [0.05, 0.1) is 0 Å². The number of carbonyl (C=O) groups is 1. The van der Waals surface area contributed by atoms with E-state index in [0.717, 1.165) is 25.9 Å². The molecule has 0 aromatic carbocycles. The first-order chi connectivity index (χ1) is 6.70. The van der Waals surface area contributed by atoms with Crippen molar-refractivity contribution in [2.45, 2.75) is 18.4 Å². The van der Waals surface area contributed by atoms with Gasteiger partial charge in [-0.1, -0.05) is 0 Å². The Morgan fingerprint density at radius 3 is 2.93 bits per heavy atom. The second-order valence-corrected chi connectivity index (χ2v) is 3.40. The van der Waals surface area contributed by atoms with Crippen molar-refractivity contribution in [1.29, 1.82) is 0 Å². The van der Waals surface area contributed by atoms with Gasteiger partial charge >= 0.3 is 6.16 Å². The molecule has 78 valence electrons. The molecule has 3 N–H and O–H groups in total. The normalized spacial score (nSPS) is 24.1. The van der Waals surface area contributed by atoms with Crippen molar-refractivity contribution >= 4 is 6.16 Å². The van der Waals surface area contributed by atoms with Gasteiger partial charge < -0.3 is 15.2 Å². The highest BCUT2D eigenvalue weighted by Gasteiger charge is 2.37. The molecule has 0 unspecified atom stereocenters. The summed E-state index contributed by atoms with van der Waals surface area (Å²) in [5, 5.41) is 11.6. The van der Waals surface area contributed by atoms with Crippen molar-refractivity contribution < 1.29 is 19.5 Å². The third kappa shape index (κ3) is 1.80. The first kappa shape index (κ1) is 9.29. The van der Waals surface area contributed by atoms with E-state index < -0.39 is 11.8 Å². The van der Waals surface area contributed by atoms with Crippen LogP contribution < -0.4 is 10.8 Å². The van der Waals surface area contributed by atoms with Gasteiger partial charge in [-0.2, -0.15) is 0 Å². The average molecular weight is 200 g/mol. The molecule has 1 spiro atoms. The predicted molar refractivity (Wildman–Crippen MR) is 46.2 cm³/mol. The molecule has 0 aromatic heterocycles. The first-order valence-electron chi connectivity index (χ1n) is 4.49. The Bertz CT molecular complexity index is 271. The van der Waals surface area contributed by atoms with Crippen LogP contribution in [-0.2, 0) is 9.57 Å². The summed E-state index contributed by atoms with van der Waals surface area (Å²) in [5.41, 5.74) is 2.09. The van der Waals surface area contributed by atoms with Crippen LogP contribution >= 0.6 is 0 Å². The molecule has 6 heteroatoms. The predicted octanol–water partition coefficient (Wildman–Crippen LogP) is 0.179. The van der Waals surface area contributed by atoms with Crippen LogP contribution in [0.4, 0.5) is 4.79 Å². The zero-order valence-corrected chi connectivity index (χ0v) is 7.58. The molecule has 2 heterocycles. The van der Waals surface area contributed by atoms with Crippen LogP contribution in [0.2, 0.25) is 0 Å². The highest BCUT2D eigenvalue weighted by Crippen LogP contribution is 2.29. The Kier molecular flexibility index (Phi) is 2.30. The van der Waals surface area contributed by atoms with Crippen molar-refractivity contribution in [3.63, 3.8) is 0 Å². The largest absolute Gasteiger partial charge is 0.512 e. The summed E-state index contributed by atoms with van der Waals surface area (Å²) in [7, 11) is 0. The Hall–Kier alpha value is -1.27. The van der Waals surface area contributed by atoms with Gasteiger partial charge in [0.15, 0.2) is 0 Å². The van der Waals surface area contributed by atoms with Crippen LogP contribution in [0, 0.1) is 0 Å². The molecule has 1 fully saturated rings. The number of piperidine rings is 1. The molecule has 2 rings (SSSR count). The Labute approximate surface area is 80.8 Å². The lowest BCUT2D eigenvalue weighted by molar-refractivity contribution is -0.0667. The topological polar surface area (TPSA) is 79.8 Å². The molecule has 0 atom stereocenters. The fourth-order valence-corrected chi connectivity index (χ4v) is 1.69. The van der Waals surface area contributed by atoms with Crippen molar-refractivity contribution in [2.75, 3.05) is 13.1 Å². The zero-order chi connectivity index (χ0) is 10.0. The van der Waals surface area contributed by atoms with E-state index in [-0.39, 0.29) is 5.88 Å². The third-order valence-corrected chi connectivity index (χ3v) is 2.40. The Balaban J connectivity index is 2.02. The maximum Gasteiger partial charge on any atom is 0.512 e. The molecule has 0 aliphatic carbocycles. The van der Waals surface area contributed by atoms with E-state index in [2.05, 4.69) is 15.5 Å². The van der Waals surface area contributed by atoms with Crippen molar-refractivity contribution in [3.8, 4) is 0 Å². The molecular weight excluding hydrogens is 188 g/mol. The Morgan fingerprint density at radius 2 is 2.29 bits per heavy atom. The van der Waals surface area contributed by atoms with Gasteiger partial charge in [0.2, 0.25) is 5.88 Å². The fourth-order valence-electron chi connectivity index (χ4n) is 1.69. The maximum absolute atomic E-state index is 10.3. The van der Waals surface area contributed by atoms with Gasteiger partial charge in [0.25, 0.3) is 0 Å². The summed E-state index contributed by atoms with van der Waals surface area (Å²) in [5.74, 6) is 0.166. The molecule has 0 amide bonds. The Morgan fingerprint density at radius 1 is 1.57 bits per heavy atom. The quantitative estimate of drug-likeness (QED) is 0.524.